The molecule has 0 bridgehead atoms. The second kappa shape index (κ2) is 6.60. The van der Waals surface area contributed by atoms with E-state index in [-0.39, 0.29) is 11.5 Å². The molecule has 0 unspecified atom stereocenters. The van der Waals surface area contributed by atoms with Gasteiger partial charge in [-0.1, -0.05) is 0 Å². The molecule has 2 rings (SSSR count). The smallest absolute Gasteiger partial charge is 0.405 e. The number of ether oxygens (including phenoxy) is 1. The van der Waals surface area contributed by atoms with E-state index in [0.29, 0.717) is 10.3 Å². The molecule has 0 aliphatic rings. The van der Waals surface area contributed by atoms with Gasteiger partial charge in [0.25, 0.3) is 0 Å². The summed E-state index contributed by atoms with van der Waals surface area (Å²) in [5.41, 5.74) is 4.50. The van der Waals surface area contributed by atoms with Crippen molar-refractivity contribution in [3.63, 3.8) is 0 Å². The van der Waals surface area contributed by atoms with Gasteiger partial charge in [0.2, 0.25) is 5.78 Å². The largest absolute Gasteiger partial charge is 0.618 e. The predicted molar refractivity (Wildman–Crippen MR) is 85.4 cm³/mol. The first-order chi connectivity index (χ1) is 10.8. The third-order valence-corrected chi connectivity index (χ3v) is 4.15. The Morgan fingerprint density at radius 3 is 2.43 bits per heavy atom. The van der Waals surface area contributed by atoms with E-state index in [1.54, 1.807) is 6.07 Å². The van der Waals surface area contributed by atoms with Crippen LogP contribution in [0.15, 0.2) is 30.5 Å². The molecule has 0 aliphatic heterocycles. The molecule has 0 fully saturated rings. The van der Waals surface area contributed by atoms with Crippen LogP contribution in [0.5, 0.6) is 0 Å². The van der Waals surface area contributed by atoms with Crippen molar-refractivity contribution in [2.24, 2.45) is 0 Å². The Balaban J connectivity index is 2.15. The molecule has 0 atom stereocenters. The maximum Gasteiger partial charge on any atom is 0.405 e. The van der Waals surface area contributed by atoms with Gasteiger partial charge in [0.1, 0.15) is 0 Å². The number of ketones is 1. The lowest BCUT2D eigenvalue weighted by molar-refractivity contribution is -0.608. The van der Waals surface area contributed by atoms with E-state index >= 15 is 0 Å². The van der Waals surface area contributed by atoms with E-state index in [0.717, 1.165) is 22.3 Å². The van der Waals surface area contributed by atoms with E-state index in [9.17, 15) is 14.8 Å². The molecule has 0 radical (unpaired) electrons. The molecule has 1 heterocycles. The molecule has 120 valence electrons. The highest BCUT2D eigenvalue weighted by atomic mass is 16.5. The fraction of sp³-hybridized carbons (Fsp3) is 0.278. The number of benzene rings is 1. The average molecular weight is 313 g/mol. The summed E-state index contributed by atoms with van der Waals surface area (Å²) < 4.78 is 5.40. The molecule has 0 aliphatic carbocycles. The highest BCUT2D eigenvalue weighted by Gasteiger charge is 2.20. The molecule has 0 saturated heterocycles. The molecular weight excluding hydrogens is 294 g/mol. The molecule has 0 amide bonds. The zero-order valence-corrected chi connectivity index (χ0v) is 13.7. The Morgan fingerprint density at radius 2 is 1.78 bits per heavy atom. The first-order valence-electron chi connectivity index (χ1n) is 7.29. The van der Waals surface area contributed by atoms with Crippen LogP contribution in [0.2, 0.25) is 0 Å². The van der Waals surface area contributed by atoms with Crippen LogP contribution in [0.1, 0.15) is 43.1 Å². The summed E-state index contributed by atoms with van der Waals surface area (Å²) in [5, 5.41) is 11.5. The molecule has 5 nitrogen and oxygen atoms in total. The fourth-order valence-corrected chi connectivity index (χ4v) is 2.37. The summed E-state index contributed by atoms with van der Waals surface area (Å²) in [5.74, 6) is -1.09. The molecular formula is C18H19NO4. The highest BCUT2D eigenvalue weighted by Crippen LogP contribution is 2.21. The number of aromatic nitrogens is 1. The van der Waals surface area contributed by atoms with Crippen molar-refractivity contribution in [1.82, 2.24) is 0 Å². The Labute approximate surface area is 135 Å². The zero-order valence-electron chi connectivity index (χ0n) is 13.7. The Bertz CT molecular complexity index is 781. The van der Waals surface area contributed by atoms with E-state index in [4.69, 9.17) is 4.74 Å². The van der Waals surface area contributed by atoms with E-state index < -0.39 is 12.6 Å². The molecule has 0 N–H and O–H groups in total. The van der Waals surface area contributed by atoms with Crippen LogP contribution in [-0.2, 0) is 4.74 Å². The van der Waals surface area contributed by atoms with Crippen molar-refractivity contribution in [1.29, 1.82) is 0 Å². The van der Waals surface area contributed by atoms with E-state index in [2.05, 4.69) is 0 Å². The van der Waals surface area contributed by atoms with Crippen LogP contribution in [0.25, 0.3) is 0 Å². The van der Waals surface area contributed by atoms with Crippen molar-refractivity contribution >= 4 is 11.8 Å². The Kier molecular flexibility index (Phi) is 4.79. The number of esters is 1. The number of aryl methyl sites for hydroxylation is 1. The Morgan fingerprint density at radius 1 is 1.09 bits per heavy atom. The summed E-state index contributed by atoms with van der Waals surface area (Å²) in [6.07, 6.45) is 1.20. The number of nitrogens with zero attached hydrogens (tertiary/aromatic N) is 1. The monoisotopic (exact) mass is 313 g/mol. The number of carbonyl (C=O) groups is 2. The molecule has 1 aromatic carbocycles. The van der Waals surface area contributed by atoms with Gasteiger partial charge in [0.05, 0.1) is 0 Å². The number of carbonyl (C=O) groups excluding carboxylic acids is 2. The van der Waals surface area contributed by atoms with Crippen LogP contribution >= 0.6 is 0 Å². The predicted octanol–water partition coefficient (Wildman–Crippen LogP) is 2.59. The number of hydrogen-bond acceptors (Lipinski definition) is 4. The molecule has 0 saturated carbocycles. The van der Waals surface area contributed by atoms with Gasteiger partial charge in [-0.15, -0.1) is 0 Å². The lowest BCUT2D eigenvalue weighted by atomic mass is 9.93. The summed E-state index contributed by atoms with van der Waals surface area (Å²) >= 11 is 0. The van der Waals surface area contributed by atoms with Crippen molar-refractivity contribution in [2.45, 2.75) is 27.7 Å². The third-order valence-electron chi connectivity index (χ3n) is 4.15. The second-order valence-electron chi connectivity index (χ2n) is 5.53. The van der Waals surface area contributed by atoms with Crippen molar-refractivity contribution in [3.8, 4) is 0 Å². The molecule has 23 heavy (non-hydrogen) atoms. The minimum atomic E-state index is -0.813. The van der Waals surface area contributed by atoms with Gasteiger partial charge in [0, 0.05) is 17.7 Å². The van der Waals surface area contributed by atoms with Crippen LogP contribution in [0.4, 0.5) is 0 Å². The van der Waals surface area contributed by atoms with Gasteiger partial charge in [-0.25, -0.2) is 4.79 Å². The van der Waals surface area contributed by atoms with Crippen LogP contribution < -0.4 is 4.73 Å². The van der Waals surface area contributed by atoms with Crippen LogP contribution in [-0.4, -0.2) is 18.4 Å². The van der Waals surface area contributed by atoms with Gasteiger partial charge in [-0.05, 0) is 62.1 Å². The first-order valence-corrected chi connectivity index (χ1v) is 7.29. The van der Waals surface area contributed by atoms with Gasteiger partial charge in [-0.2, -0.15) is 4.73 Å². The van der Waals surface area contributed by atoms with E-state index in [1.807, 2.05) is 33.8 Å². The van der Waals surface area contributed by atoms with Crippen molar-refractivity contribution in [3.05, 3.63) is 69.2 Å². The molecule has 1 aromatic heterocycles. The summed E-state index contributed by atoms with van der Waals surface area (Å²) in [4.78, 5) is 24.2. The Hall–Kier alpha value is -2.69. The van der Waals surface area contributed by atoms with Gasteiger partial charge >= 0.3 is 11.7 Å². The molecule has 2 aromatic rings. The van der Waals surface area contributed by atoms with Crippen LogP contribution in [0.3, 0.4) is 0 Å². The van der Waals surface area contributed by atoms with Gasteiger partial charge < -0.3 is 9.94 Å². The average Bonchev–Trinajstić information content (AvgIpc) is 2.54. The highest BCUT2D eigenvalue weighted by molar-refractivity contribution is 6.00. The molecule has 0 spiro atoms. The maximum absolute atomic E-state index is 12.3. The topological polar surface area (TPSA) is 70.3 Å². The quantitative estimate of drug-likeness (QED) is 0.376. The summed E-state index contributed by atoms with van der Waals surface area (Å²) in [6.45, 7) is 7.39. The zero-order chi connectivity index (χ0) is 17.1. The maximum atomic E-state index is 12.3. The van der Waals surface area contributed by atoms with Gasteiger partial charge in [-0.3, -0.25) is 4.79 Å². The van der Waals surface area contributed by atoms with Crippen molar-refractivity contribution < 1.29 is 19.1 Å². The lowest BCUT2D eigenvalue weighted by Gasteiger charge is -2.13. The lowest BCUT2D eigenvalue weighted by Crippen LogP contribution is -2.35. The number of pyridine rings is 1. The van der Waals surface area contributed by atoms with Gasteiger partial charge in [0.15, 0.2) is 12.8 Å². The number of rotatable bonds is 4. The van der Waals surface area contributed by atoms with Crippen molar-refractivity contribution in [2.75, 3.05) is 6.61 Å². The standard InChI is InChI=1S/C18H19NO4/c1-11-9-15(14(4)13(3)12(11)2)17(20)10-23-18(21)16-7-5-6-8-19(16)22/h5-9H,10H2,1-4H3. The molecule has 5 heteroatoms. The normalized spacial score (nSPS) is 10.4. The first kappa shape index (κ1) is 16.7. The van der Waals surface area contributed by atoms with E-state index in [1.165, 1.54) is 18.3 Å². The summed E-state index contributed by atoms with van der Waals surface area (Å²) in [6, 6.07) is 6.23. The van der Waals surface area contributed by atoms with Crippen LogP contribution in [0, 0.1) is 32.9 Å². The minimum Gasteiger partial charge on any atom is -0.618 e. The number of hydrogen-bond donors (Lipinski definition) is 0. The number of Topliss-reactive ketones (excluding diaryl/α,β-unsaturated/α-hetero) is 1. The SMILES string of the molecule is Cc1cc(C(=O)COC(=O)c2cccc[n+]2[O-])c(C)c(C)c1C. The minimum absolute atomic E-state index is 0.145. The second-order valence-corrected chi connectivity index (χ2v) is 5.53. The fourth-order valence-electron chi connectivity index (χ4n) is 2.37. The third kappa shape index (κ3) is 3.39. The summed E-state index contributed by atoms with van der Waals surface area (Å²) in [7, 11) is 0.